The molecule has 3 heteroatoms. The topological polar surface area (TPSA) is 58.9 Å². The van der Waals surface area contributed by atoms with E-state index in [1.165, 1.54) is 0 Å². The van der Waals surface area contributed by atoms with Gasteiger partial charge in [-0.2, -0.15) is 0 Å². The monoisotopic (exact) mass is 138 g/mol. The molecule has 0 fully saturated rings. The van der Waals surface area contributed by atoms with Gasteiger partial charge in [0, 0.05) is 11.9 Å². The minimum absolute atomic E-state index is 0.553. The van der Waals surface area contributed by atoms with Crippen molar-refractivity contribution in [3.05, 3.63) is 17.5 Å². The molecule has 1 heterocycles. The molecule has 0 aliphatic rings. The highest BCUT2D eigenvalue weighted by molar-refractivity contribution is 5.84. The van der Waals surface area contributed by atoms with E-state index in [9.17, 15) is 4.79 Å². The van der Waals surface area contributed by atoms with Crippen molar-refractivity contribution in [2.45, 2.75) is 13.3 Å². The molecule has 0 aromatic carbocycles. The standard InChI is InChI=1S/C7H10N2O/c1-2-6-7(8)5(4-10)3-9-6/h3-4,9H,2,8H2,1H3. The van der Waals surface area contributed by atoms with Crippen LogP contribution in [0.3, 0.4) is 0 Å². The van der Waals surface area contributed by atoms with Crippen LogP contribution in [0.5, 0.6) is 0 Å². The van der Waals surface area contributed by atoms with Crippen molar-refractivity contribution in [1.29, 1.82) is 0 Å². The third kappa shape index (κ3) is 0.900. The Bertz CT molecular complexity index is 240. The number of H-pyrrole nitrogens is 1. The van der Waals surface area contributed by atoms with Crippen molar-refractivity contribution in [2.24, 2.45) is 0 Å². The van der Waals surface area contributed by atoms with Crippen molar-refractivity contribution in [3.8, 4) is 0 Å². The minimum Gasteiger partial charge on any atom is -0.397 e. The molecule has 10 heavy (non-hydrogen) atoms. The Labute approximate surface area is 59.2 Å². The van der Waals surface area contributed by atoms with E-state index in [0.717, 1.165) is 18.4 Å². The lowest BCUT2D eigenvalue weighted by Crippen LogP contribution is -1.91. The van der Waals surface area contributed by atoms with Crippen LogP contribution < -0.4 is 5.73 Å². The fourth-order valence-corrected chi connectivity index (χ4v) is 0.885. The molecule has 0 aliphatic carbocycles. The number of rotatable bonds is 2. The Balaban J connectivity index is 3.08. The maximum absolute atomic E-state index is 10.3. The van der Waals surface area contributed by atoms with E-state index in [4.69, 9.17) is 5.73 Å². The van der Waals surface area contributed by atoms with Crippen LogP contribution in [-0.2, 0) is 6.42 Å². The van der Waals surface area contributed by atoms with Gasteiger partial charge >= 0.3 is 0 Å². The third-order valence-electron chi connectivity index (χ3n) is 1.52. The second kappa shape index (κ2) is 2.56. The minimum atomic E-state index is 0.553. The number of aldehydes is 1. The van der Waals surface area contributed by atoms with E-state index in [-0.39, 0.29) is 0 Å². The first-order valence-corrected chi connectivity index (χ1v) is 3.20. The number of nitrogens with two attached hydrogens (primary N) is 1. The summed E-state index contributed by atoms with van der Waals surface area (Å²) in [5.74, 6) is 0. The lowest BCUT2D eigenvalue weighted by molar-refractivity contribution is 0.112. The molecule has 54 valence electrons. The van der Waals surface area contributed by atoms with Crippen molar-refractivity contribution < 1.29 is 4.79 Å². The molecule has 0 atom stereocenters. The third-order valence-corrected chi connectivity index (χ3v) is 1.52. The second-order valence-corrected chi connectivity index (χ2v) is 2.11. The quantitative estimate of drug-likeness (QED) is 0.598. The van der Waals surface area contributed by atoms with E-state index < -0.39 is 0 Å². The predicted molar refractivity (Wildman–Crippen MR) is 40.0 cm³/mol. The maximum atomic E-state index is 10.3. The fourth-order valence-electron chi connectivity index (χ4n) is 0.885. The van der Waals surface area contributed by atoms with Gasteiger partial charge in [-0.25, -0.2) is 0 Å². The second-order valence-electron chi connectivity index (χ2n) is 2.11. The van der Waals surface area contributed by atoms with E-state index in [2.05, 4.69) is 4.98 Å². The normalized spacial score (nSPS) is 9.70. The largest absolute Gasteiger partial charge is 0.397 e. The number of carbonyl (C=O) groups is 1. The summed E-state index contributed by atoms with van der Waals surface area (Å²) in [6.45, 7) is 1.98. The van der Waals surface area contributed by atoms with Gasteiger partial charge in [-0.05, 0) is 6.42 Å². The highest BCUT2D eigenvalue weighted by Gasteiger charge is 2.03. The van der Waals surface area contributed by atoms with E-state index in [1.54, 1.807) is 6.20 Å². The summed E-state index contributed by atoms with van der Waals surface area (Å²) < 4.78 is 0. The Morgan fingerprint density at radius 1 is 1.80 bits per heavy atom. The average Bonchev–Trinajstić information content (AvgIpc) is 2.30. The maximum Gasteiger partial charge on any atom is 0.153 e. The average molecular weight is 138 g/mol. The summed E-state index contributed by atoms with van der Waals surface area (Å²) in [5, 5.41) is 0. The number of nitrogen functional groups attached to an aromatic ring is 1. The first kappa shape index (κ1) is 6.86. The van der Waals surface area contributed by atoms with Gasteiger partial charge in [-0.1, -0.05) is 6.92 Å². The van der Waals surface area contributed by atoms with Gasteiger partial charge < -0.3 is 10.7 Å². The summed E-state index contributed by atoms with van der Waals surface area (Å²) in [4.78, 5) is 13.2. The van der Waals surface area contributed by atoms with Crippen molar-refractivity contribution >= 4 is 12.0 Å². The van der Waals surface area contributed by atoms with Crippen LogP contribution in [0, 0.1) is 0 Å². The van der Waals surface area contributed by atoms with Crippen LogP contribution in [-0.4, -0.2) is 11.3 Å². The van der Waals surface area contributed by atoms with Crippen LogP contribution >= 0.6 is 0 Å². The van der Waals surface area contributed by atoms with E-state index in [1.807, 2.05) is 6.92 Å². The predicted octanol–water partition coefficient (Wildman–Crippen LogP) is 0.972. The molecule has 0 amide bonds. The highest BCUT2D eigenvalue weighted by atomic mass is 16.1. The van der Waals surface area contributed by atoms with Crippen LogP contribution in [0.25, 0.3) is 0 Å². The van der Waals surface area contributed by atoms with Crippen LogP contribution in [0.4, 0.5) is 5.69 Å². The number of carbonyl (C=O) groups excluding carboxylic acids is 1. The molecule has 3 N–H and O–H groups in total. The van der Waals surface area contributed by atoms with Crippen LogP contribution in [0.1, 0.15) is 23.0 Å². The smallest absolute Gasteiger partial charge is 0.153 e. The molecule has 1 rings (SSSR count). The van der Waals surface area contributed by atoms with Gasteiger partial charge in [-0.3, -0.25) is 4.79 Å². The molecule has 3 nitrogen and oxygen atoms in total. The molecule has 1 aromatic heterocycles. The molecule has 0 aliphatic heterocycles. The van der Waals surface area contributed by atoms with Crippen LogP contribution in [0.2, 0.25) is 0 Å². The number of aromatic amines is 1. The molecule has 0 radical (unpaired) electrons. The number of hydrogen-bond acceptors (Lipinski definition) is 2. The summed E-state index contributed by atoms with van der Waals surface area (Å²) in [6.07, 6.45) is 3.21. The Morgan fingerprint density at radius 3 is 2.80 bits per heavy atom. The Hall–Kier alpha value is -1.25. The van der Waals surface area contributed by atoms with Gasteiger partial charge in [0.05, 0.1) is 11.3 Å². The van der Waals surface area contributed by atoms with Gasteiger partial charge in [-0.15, -0.1) is 0 Å². The molecule has 0 saturated carbocycles. The molecule has 1 aromatic rings. The number of hydrogen-bond donors (Lipinski definition) is 2. The summed E-state index contributed by atoms with van der Waals surface area (Å²) in [5.41, 5.74) is 7.63. The molecule has 0 bridgehead atoms. The first-order chi connectivity index (χ1) is 4.79. The van der Waals surface area contributed by atoms with E-state index >= 15 is 0 Å². The number of aryl methyl sites for hydroxylation is 1. The molecule has 0 spiro atoms. The lowest BCUT2D eigenvalue weighted by atomic mass is 10.2. The number of anilines is 1. The van der Waals surface area contributed by atoms with Gasteiger partial charge in [0.1, 0.15) is 0 Å². The van der Waals surface area contributed by atoms with Crippen molar-refractivity contribution in [2.75, 3.05) is 5.73 Å². The SMILES string of the molecule is CCc1[nH]cc(C=O)c1N. The van der Waals surface area contributed by atoms with Gasteiger partial charge in [0.2, 0.25) is 0 Å². The van der Waals surface area contributed by atoms with Crippen molar-refractivity contribution in [1.82, 2.24) is 4.98 Å². The lowest BCUT2D eigenvalue weighted by Gasteiger charge is -1.91. The summed E-state index contributed by atoms with van der Waals surface area (Å²) >= 11 is 0. The fraction of sp³-hybridized carbons (Fsp3) is 0.286. The van der Waals surface area contributed by atoms with Crippen LogP contribution in [0.15, 0.2) is 6.20 Å². The zero-order valence-corrected chi connectivity index (χ0v) is 5.85. The van der Waals surface area contributed by atoms with Gasteiger partial charge in [0.25, 0.3) is 0 Å². The highest BCUT2D eigenvalue weighted by Crippen LogP contribution is 2.14. The Morgan fingerprint density at radius 2 is 2.50 bits per heavy atom. The molecular formula is C7H10N2O. The van der Waals surface area contributed by atoms with Crippen molar-refractivity contribution in [3.63, 3.8) is 0 Å². The first-order valence-electron chi connectivity index (χ1n) is 3.20. The molecule has 0 saturated heterocycles. The number of aromatic nitrogens is 1. The zero-order chi connectivity index (χ0) is 7.56. The summed E-state index contributed by atoms with van der Waals surface area (Å²) in [7, 11) is 0. The summed E-state index contributed by atoms with van der Waals surface area (Å²) in [6, 6.07) is 0. The van der Waals surface area contributed by atoms with Gasteiger partial charge in [0.15, 0.2) is 6.29 Å². The molecular weight excluding hydrogens is 128 g/mol. The Kier molecular flexibility index (Phi) is 1.76. The molecule has 0 unspecified atom stereocenters. The zero-order valence-electron chi connectivity index (χ0n) is 5.85. The number of nitrogens with one attached hydrogen (secondary N) is 1. The van der Waals surface area contributed by atoms with E-state index in [0.29, 0.717) is 11.3 Å².